The highest BCUT2D eigenvalue weighted by atomic mass is 16.5. The van der Waals surface area contributed by atoms with Gasteiger partial charge in [-0.15, -0.1) is 0 Å². The van der Waals surface area contributed by atoms with Crippen molar-refractivity contribution in [3.05, 3.63) is 41.9 Å². The molecule has 2 aromatic rings. The van der Waals surface area contributed by atoms with E-state index in [1.807, 2.05) is 19.1 Å². The van der Waals surface area contributed by atoms with E-state index in [0.717, 1.165) is 37.1 Å². The van der Waals surface area contributed by atoms with E-state index in [9.17, 15) is 4.79 Å². The molecule has 0 aromatic carbocycles. The van der Waals surface area contributed by atoms with E-state index in [-0.39, 0.29) is 18.2 Å². The van der Waals surface area contributed by atoms with E-state index in [4.69, 9.17) is 10.1 Å². The van der Waals surface area contributed by atoms with Crippen molar-refractivity contribution in [2.75, 3.05) is 17.7 Å². The fourth-order valence-corrected chi connectivity index (χ4v) is 3.41. The Labute approximate surface area is 164 Å². The number of hydrogen-bond acceptors (Lipinski definition) is 6. The van der Waals surface area contributed by atoms with Crippen molar-refractivity contribution in [3.63, 3.8) is 0 Å². The van der Waals surface area contributed by atoms with Crippen LogP contribution in [0.1, 0.15) is 36.9 Å². The Kier molecular flexibility index (Phi) is 6.54. The maximum atomic E-state index is 12.4. The summed E-state index contributed by atoms with van der Waals surface area (Å²) in [5, 5.41) is 16.6. The molecule has 0 aliphatic heterocycles. The van der Waals surface area contributed by atoms with Gasteiger partial charge in [-0.25, -0.2) is 9.78 Å². The first-order valence-electron chi connectivity index (χ1n) is 9.39. The van der Waals surface area contributed by atoms with E-state index in [2.05, 4.69) is 25.9 Å². The molecule has 4 N–H and O–H groups in total. The number of pyridine rings is 2. The second-order valence-corrected chi connectivity index (χ2v) is 6.88. The van der Waals surface area contributed by atoms with Gasteiger partial charge >= 0.3 is 6.03 Å². The third-order valence-electron chi connectivity index (χ3n) is 4.83. The predicted molar refractivity (Wildman–Crippen MR) is 110 cm³/mol. The van der Waals surface area contributed by atoms with Crippen molar-refractivity contribution < 1.29 is 9.53 Å². The molecule has 0 bridgehead atoms. The first kappa shape index (κ1) is 19.8. The molecular weight excluding hydrogens is 356 g/mol. The van der Waals surface area contributed by atoms with Gasteiger partial charge in [-0.1, -0.05) is 12.8 Å². The summed E-state index contributed by atoms with van der Waals surface area (Å²) in [6.45, 7) is 1.91. The highest BCUT2D eigenvalue weighted by Crippen LogP contribution is 2.23. The van der Waals surface area contributed by atoms with Gasteiger partial charge in [0.1, 0.15) is 5.82 Å². The quantitative estimate of drug-likeness (QED) is 0.570. The summed E-state index contributed by atoms with van der Waals surface area (Å²) < 4.78 is 5.47. The molecule has 2 aromatic heterocycles. The Hall–Kier alpha value is -3.00. The minimum atomic E-state index is -0.317. The largest absolute Gasteiger partial charge is 0.379 e. The number of carbonyl (C=O) groups is 1. The van der Waals surface area contributed by atoms with E-state index in [1.54, 1.807) is 25.6 Å². The monoisotopic (exact) mass is 382 g/mol. The Bertz CT molecular complexity index is 841. The standard InChI is InChI=1S/C20H26N6O2/c1-13-9-15(7-8-22-13)24-17-12-23-19(10-14(17)11-21)26-20(27)25-16-5-3-4-6-18(16)28-2/h7-12,16,18,21H,3-6H2,1-2H3,(H,22,24)(H2,23,25,26,27)/t16-,18-/m0/s1. The van der Waals surface area contributed by atoms with Gasteiger partial charge in [-0.2, -0.15) is 0 Å². The van der Waals surface area contributed by atoms with Crippen LogP contribution in [0.25, 0.3) is 0 Å². The van der Waals surface area contributed by atoms with Gasteiger partial charge in [0.25, 0.3) is 0 Å². The van der Waals surface area contributed by atoms with Crippen LogP contribution >= 0.6 is 0 Å². The Balaban J connectivity index is 1.66. The van der Waals surface area contributed by atoms with Crippen LogP contribution in [0.5, 0.6) is 0 Å². The van der Waals surface area contributed by atoms with E-state index in [1.165, 1.54) is 6.21 Å². The molecule has 1 saturated carbocycles. The van der Waals surface area contributed by atoms with Crippen LogP contribution in [0.2, 0.25) is 0 Å². The predicted octanol–water partition coefficient (Wildman–Crippen LogP) is 3.61. The molecule has 2 atom stereocenters. The molecule has 3 rings (SSSR count). The topological polar surface area (TPSA) is 112 Å². The molecular formula is C20H26N6O2. The number of anilines is 3. The van der Waals surface area contributed by atoms with Crippen LogP contribution in [0.3, 0.4) is 0 Å². The van der Waals surface area contributed by atoms with Crippen LogP contribution in [-0.2, 0) is 4.74 Å². The maximum absolute atomic E-state index is 12.4. The van der Waals surface area contributed by atoms with Crippen LogP contribution < -0.4 is 16.0 Å². The number of ether oxygens (including phenoxy) is 1. The van der Waals surface area contributed by atoms with Crippen LogP contribution in [-0.4, -0.2) is 41.5 Å². The van der Waals surface area contributed by atoms with Crippen molar-refractivity contribution in [1.82, 2.24) is 15.3 Å². The average molecular weight is 382 g/mol. The van der Waals surface area contributed by atoms with Gasteiger partial charge in [0.05, 0.1) is 24.0 Å². The number of methoxy groups -OCH3 is 1. The maximum Gasteiger partial charge on any atom is 0.320 e. The summed E-state index contributed by atoms with van der Waals surface area (Å²) in [6, 6.07) is 5.10. The summed E-state index contributed by atoms with van der Waals surface area (Å²) >= 11 is 0. The average Bonchev–Trinajstić information content (AvgIpc) is 2.69. The normalized spacial score (nSPS) is 18.9. The van der Waals surface area contributed by atoms with Gasteiger partial charge in [-0.05, 0) is 38.0 Å². The molecule has 1 aliphatic rings. The fraction of sp³-hybridized carbons (Fsp3) is 0.400. The van der Waals surface area contributed by atoms with E-state index < -0.39 is 0 Å². The van der Waals surface area contributed by atoms with Crippen molar-refractivity contribution in [3.8, 4) is 0 Å². The van der Waals surface area contributed by atoms with Gasteiger partial charge in [-0.3, -0.25) is 10.3 Å². The Morgan fingerprint density at radius 1 is 1.29 bits per heavy atom. The van der Waals surface area contributed by atoms with Crippen molar-refractivity contribution in [1.29, 1.82) is 5.41 Å². The summed E-state index contributed by atoms with van der Waals surface area (Å²) in [6.07, 6.45) is 8.64. The molecule has 8 heteroatoms. The fourth-order valence-electron chi connectivity index (χ4n) is 3.41. The summed E-state index contributed by atoms with van der Waals surface area (Å²) in [7, 11) is 1.68. The number of nitrogens with one attached hydrogen (secondary N) is 4. The molecule has 1 aliphatic carbocycles. The molecule has 0 radical (unpaired) electrons. The van der Waals surface area contributed by atoms with E-state index in [0.29, 0.717) is 17.1 Å². The molecule has 0 unspecified atom stereocenters. The number of nitrogens with zero attached hydrogens (tertiary/aromatic N) is 2. The minimum absolute atomic E-state index is 0.00294. The smallest absolute Gasteiger partial charge is 0.320 e. The van der Waals surface area contributed by atoms with Crippen LogP contribution in [0, 0.1) is 12.3 Å². The molecule has 8 nitrogen and oxygen atoms in total. The second-order valence-electron chi connectivity index (χ2n) is 6.88. The van der Waals surface area contributed by atoms with Crippen LogP contribution in [0.4, 0.5) is 22.0 Å². The second kappa shape index (κ2) is 9.27. The summed E-state index contributed by atoms with van der Waals surface area (Å²) in [5.74, 6) is 0.386. The zero-order valence-electron chi connectivity index (χ0n) is 16.2. The number of urea groups is 1. The zero-order valence-corrected chi connectivity index (χ0v) is 16.2. The third kappa shape index (κ3) is 5.04. The number of amides is 2. The summed E-state index contributed by atoms with van der Waals surface area (Å²) in [5.41, 5.74) is 3.05. The molecule has 0 saturated heterocycles. The number of carbonyl (C=O) groups excluding carboxylic acids is 1. The van der Waals surface area contributed by atoms with Gasteiger partial charge < -0.3 is 20.8 Å². The zero-order chi connectivity index (χ0) is 19.9. The number of rotatable bonds is 6. The van der Waals surface area contributed by atoms with E-state index >= 15 is 0 Å². The Morgan fingerprint density at radius 2 is 2.11 bits per heavy atom. The lowest BCUT2D eigenvalue weighted by Gasteiger charge is -2.30. The molecule has 148 valence electrons. The number of aryl methyl sites for hydroxylation is 1. The van der Waals surface area contributed by atoms with Gasteiger partial charge in [0, 0.05) is 36.5 Å². The molecule has 2 heterocycles. The molecule has 1 fully saturated rings. The number of hydrogen-bond donors (Lipinski definition) is 4. The summed E-state index contributed by atoms with van der Waals surface area (Å²) in [4.78, 5) is 20.8. The van der Waals surface area contributed by atoms with Gasteiger partial charge in [0.15, 0.2) is 0 Å². The minimum Gasteiger partial charge on any atom is -0.379 e. The third-order valence-corrected chi connectivity index (χ3v) is 4.83. The highest BCUT2D eigenvalue weighted by Gasteiger charge is 2.26. The van der Waals surface area contributed by atoms with Crippen molar-refractivity contribution >= 4 is 29.4 Å². The highest BCUT2D eigenvalue weighted by molar-refractivity contribution is 5.92. The lowest BCUT2D eigenvalue weighted by atomic mass is 9.92. The first-order chi connectivity index (χ1) is 13.6. The van der Waals surface area contributed by atoms with Crippen molar-refractivity contribution in [2.24, 2.45) is 0 Å². The molecule has 2 amide bonds. The lowest BCUT2D eigenvalue weighted by Crippen LogP contribution is -2.47. The number of aromatic nitrogens is 2. The molecule has 28 heavy (non-hydrogen) atoms. The first-order valence-corrected chi connectivity index (χ1v) is 9.39. The Morgan fingerprint density at radius 3 is 2.86 bits per heavy atom. The van der Waals surface area contributed by atoms with Crippen LogP contribution in [0.15, 0.2) is 30.6 Å². The van der Waals surface area contributed by atoms with Crippen molar-refractivity contribution in [2.45, 2.75) is 44.8 Å². The SMILES string of the molecule is CO[C@H]1CCCC[C@@H]1NC(=O)Nc1cc(C=N)c(Nc2ccnc(C)c2)cn1. The molecule has 0 spiro atoms. The van der Waals surface area contributed by atoms with Gasteiger partial charge in [0.2, 0.25) is 0 Å². The lowest BCUT2D eigenvalue weighted by molar-refractivity contribution is 0.0459.